The van der Waals surface area contributed by atoms with Crippen molar-refractivity contribution in [2.24, 2.45) is 0 Å². The number of carbonyl (C=O) groups is 2. The van der Waals surface area contributed by atoms with E-state index < -0.39 is 11.8 Å². The third kappa shape index (κ3) is 41.4. The Bertz CT molecular complexity index is 2430. The SMILES string of the molecule is COCCOCCOCCOc1cc(COc2cc(OCc3cc(OCCOCCOCCOC)c(OCCOCCOCCOC)c(OCCOCCOCCOC)c3)cc(C(=O)NNC(=O)c3ccncc3)c2)cc(OCCOCCOCCOC)c1OCCOCCOCCOC. The van der Waals surface area contributed by atoms with Crippen LogP contribution < -0.4 is 48.7 Å². The first-order valence-electron chi connectivity index (χ1n) is 33.2. The molecule has 0 aliphatic rings. The fraction of sp³-hybridized carbons (Fsp3) is 0.638. The zero-order valence-electron chi connectivity index (χ0n) is 59.1. The minimum absolute atomic E-state index is 0.0602. The number of hydrogen-bond donors (Lipinski definition) is 2. The number of amides is 2. The Balaban J connectivity index is 1.70. The van der Waals surface area contributed by atoms with Crippen molar-refractivity contribution in [3.8, 4) is 46.0 Å². The lowest BCUT2D eigenvalue weighted by molar-refractivity contribution is 0.0146. The van der Waals surface area contributed by atoms with Crippen LogP contribution in [0.3, 0.4) is 0 Å². The van der Waals surface area contributed by atoms with E-state index in [0.29, 0.717) is 204 Å². The van der Waals surface area contributed by atoms with Crippen molar-refractivity contribution in [1.29, 1.82) is 0 Å². The van der Waals surface area contributed by atoms with Gasteiger partial charge in [0.15, 0.2) is 23.0 Å². The minimum atomic E-state index is -0.691. The molecule has 1 aromatic heterocycles. The maximum absolute atomic E-state index is 14.1. The molecule has 4 rings (SSSR count). The van der Waals surface area contributed by atoms with Crippen molar-refractivity contribution in [3.05, 3.63) is 89.2 Å². The summed E-state index contributed by atoms with van der Waals surface area (Å²) in [6, 6.07) is 14.7. The molecule has 566 valence electrons. The van der Waals surface area contributed by atoms with Crippen molar-refractivity contribution < 1.29 is 133 Å². The first-order chi connectivity index (χ1) is 49.3. The van der Waals surface area contributed by atoms with Gasteiger partial charge in [0.25, 0.3) is 11.8 Å². The molecule has 0 aliphatic carbocycles. The van der Waals surface area contributed by atoms with Gasteiger partial charge >= 0.3 is 0 Å². The number of rotatable bonds is 68. The molecule has 3 aromatic carbocycles. The minimum Gasteiger partial charge on any atom is -0.489 e. The molecule has 31 heteroatoms. The standard InChI is InChI=1S/C69H107N3O28/c1-75-11-17-81-23-29-87-35-41-93-62-47-56(48-63(94-42-36-88-30-24-82-18-12-76-2)66(62)97-45-39-91-33-27-85-21-15-79-5)54-99-60-51-59(69(74)72-71-68(73)58-7-9-70-10-8-58)52-61(53-60)100-55-57-49-64(95-43-37-89-31-25-83-19-13-77-3)67(98-46-40-92-34-28-86-22-16-80-6)65(50-57)96-44-38-90-32-26-84-20-14-78-4/h7-10,47-53H,11-46,54-55H2,1-6H3,(H,71,73)(H,72,74). The van der Waals surface area contributed by atoms with E-state index >= 15 is 0 Å². The number of pyridine rings is 1. The summed E-state index contributed by atoms with van der Waals surface area (Å²) < 4.78 is 150. The van der Waals surface area contributed by atoms with E-state index in [9.17, 15) is 9.59 Å². The Morgan fingerprint density at radius 3 is 0.760 bits per heavy atom. The molecule has 100 heavy (non-hydrogen) atoms. The highest BCUT2D eigenvalue weighted by molar-refractivity contribution is 5.99. The molecule has 31 nitrogen and oxygen atoms in total. The second kappa shape index (κ2) is 60.1. The topological polar surface area (TPSA) is 311 Å². The highest BCUT2D eigenvalue weighted by Crippen LogP contribution is 2.41. The number of nitrogens with zero attached hydrogens (tertiary/aromatic N) is 1. The number of aromatic nitrogens is 1. The molecule has 0 atom stereocenters. The van der Waals surface area contributed by atoms with Gasteiger partial charge in [-0.1, -0.05) is 0 Å². The predicted octanol–water partition coefficient (Wildman–Crippen LogP) is 4.66. The third-order valence-electron chi connectivity index (χ3n) is 13.1. The fourth-order valence-corrected chi connectivity index (χ4v) is 8.14. The van der Waals surface area contributed by atoms with Crippen LogP contribution in [0.25, 0.3) is 0 Å². The number of nitrogens with one attached hydrogen (secondary N) is 2. The number of ether oxygens (including phenoxy) is 26. The molecule has 0 saturated heterocycles. The number of carbonyl (C=O) groups excluding carboxylic acids is 2. The Morgan fingerprint density at radius 2 is 0.500 bits per heavy atom. The molecular weight excluding hydrogens is 1320 g/mol. The van der Waals surface area contributed by atoms with Crippen LogP contribution in [0, 0.1) is 0 Å². The molecule has 4 aromatic rings. The smallest absolute Gasteiger partial charge is 0.269 e. The van der Waals surface area contributed by atoms with Crippen molar-refractivity contribution in [3.63, 3.8) is 0 Å². The van der Waals surface area contributed by atoms with E-state index in [0.717, 1.165) is 0 Å². The monoisotopic (exact) mass is 1430 g/mol. The lowest BCUT2D eigenvalue weighted by Gasteiger charge is -2.20. The summed E-state index contributed by atoms with van der Waals surface area (Å²) >= 11 is 0. The predicted molar refractivity (Wildman–Crippen MR) is 361 cm³/mol. The lowest BCUT2D eigenvalue weighted by Crippen LogP contribution is -2.41. The van der Waals surface area contributed by atoms with Gasteiger partial charge < -0.3 is 123 Å². The van der Waals surface area contributed by atoms with Crippen LogP contribution in [0.15, 0.2) is 67.0 Å². The molecule has 2 N–H and O–H groups in total. The third-order valence-corrected chi connectivity index (χ3v) is 13.1. The second-order valence-corrected chi connectivity index (χ2v) is 20.7. The van der Waals surface area contributed by atoms with Crippen LogP contribution in [0.5, 0.6) is 46.0 Å². The van der Waals surface area contributed by atoms with Crippen molar-refractivity contribution >= 4 is 11.8 Å². The number of methoxy groups -OCH3 is 6. The van der Waals surface area contributed by atoms with Gasteiger partial charge in [-0.15, -0.1) is 0 Å². The van der Waals surface area contributed by atoms with E-state index in [1.54, 1.807) is 73.0 Å². The Kier molecular flexibility index (Phi) is 51.5. The van der Waals surface area contributed by atoms with E-state index in [1.165, 1.54) is 36.7 Å². The number of hydrazine groups is 1. The van der Waals surface area contributed by atoms with E-state index in [1.807, 2.05) is 0 Å². The molecular formula is C69H107N3O28. The van der Waals surface area contributed by atoms with Gasteiger partial charge in [0.1, 0.15) is 64.4 Å². The first kappa shape index (κ1) is 85.8. The Labute approximate surface area is 587 Å². The van der Waals surface area contributed by atoms with Crippen LogP contribution in [-0.2, 0) is 98.5 Å². The van der Waals surface area contributed by atoms with E-state index in [4.69, 9.17) is 123 Å². The van der Waals surface area contributed by atoms with Crippen molar-refractivity contribution in [1.82, 2.24) is 15.8 Å². The van der Waals surface area contributed by atoms with Crippen molar-refractivity contribution in [2.75, 3.05) is 281 Å². The molecule has 1 heterocycles. The molecule has 0 unspecified atom stereocenters. The van der Waals surface area contributed by atoms with E-state index in [2.05, 4.69) is 15.8 Å². The summed E-state index contributed by atoms with van der Waals surface area (Å²) in [6.07, 6.45) is 2.93. The molecule has 0 fully saturated rings. The zero-order valence-corrected chi connectivity index (χ0v) is 59.1. The molecule has 0 radical (unpaired) electrons. The van der Waals surface area contributed by atoms with Crippen LogP contribution in [0.2, 0.25) is 0 Å². The summed E-state index contributed by atoms with van der Waals surface area (Å²) in [5.41, 5.74) is 6.44. The fourth-order valence-electron chi connectivity index (χ4n) is 8.14. The number of benzene rings is 3. The van der Waals surface area contributed by atoms with Crippen LogP contribution in [0.4, 0.5) is 0 Å². The molecule has 0 bridgehead atoms. The Morgan fingerprint density at radius 1 is 0.270 bits per heavy atom. The van der Waals surface area contributed by atoms with Gasteiger partial charge in [-0.3, -0.25) is 25.4 Å². The highest BCUT2D eigenvalue weighted by atomic mass is 16.6. The quantitative estimate of drug-likeness (QED) is 0.0448. The summed E-state index contributed by atoms with van der Waals surface area (Å²) in [5.74, 6) is 0.991. The van der Waals surface area contributed by atoms with E-state index in [-0.39, 0.29) is 115 Å². The molecule has 2 amide bonds. The highest BCUT2D eigenvalue weighted by Gasteiger charge is 2.21. The molecule has 0 spiro atoms. The zero-order chi connectivity index (χ0) is 71.2. The van der Waals surface area contributed by atoms with Gasteiger partial charge in [0.2, 0.25) is 11.5 Å². The first-order valence-corrected chi connectivity index (χ1v) is 33.2. The Hall–Kier alpha value is -6.57. The average molecular weight is 1430 g/mol. The summed E-state index contributed by atoms with van der Waals surface area (Å²) in [4.78, 5) is 31.2. The van der Waals surface area contributed by atoms with Crippen LogP contribution in [-0.4, -0.2) is 297 Å². The van der Waals surface area contributed by atoms with Gasteiger partial charge in [-0.2, -0.15) is 0 Å². The van der Waals surface area contributed by atoms with Crippen molar-refractivity contribution in [2.45, 2.75) is 13.2 Å². The molecule has 0 saturated carbocycles. The summed E-state index contributed by atoms with van der Waals surface area (Å²) in [5, 5.41) is 0. The molecule has 0 aliphatic heterocycles. The largest absolute Gasteiger partial charge is 0.489 e. The van der Waals surface area contributed by atoms with Gasteiger partial charge in [-0.25, -0.2) is 0 Å². The van der Waals surface area contributed by atoms with Gasteiger partial charge in [0, 0.05) is 72.2 Å². The van der Waals surface area contributed by atoms with Gasteiger partial charge in [0.05, 0.1) is 198 Å². The summed E-state index contributed by atoms with van der Waals surface area (Å²) in [7, 11) is 9.64. The maximum Gasteiger partial charge on any atom is 0.269 e. The average Bonchev–Trinajstić information content (AvgIpc) is 0.833. The van der Waals surface area contributed by atoms with Crippen LogP contribution in [0.1, 0.15) is 31.8 Å². The maximum atomic E-state index is 14.1. The van der Waals surface area contributed by atoms with Crippen LogP contribution >= 0.6 is 0 Å². The number of hydrogen-bond acceptors (Lipinski definition) is 29. The summed E-state index contributed by atoms with van der Waals surface area (Å²) in [6.45, 7) is 11.4. The second-order valence-electron chi connectivity index (χ2n) is 20.7. The van der Waals surface area contributed by atoms with Gasteiger partial charge in [-0.05, 0) is 59.7 Å². The lowest BCUT2D eigenvalue weighted by atomic mass is 10.1. The normalized spacial score (nSPS) is 11.2.